The van der Waals surface area contributed by atoms with Crippen molar-refractivity contribution in [2.24, 2.45) is 5.14 Å². The summed E-state index contributed by atoms with van der Waals surface area (Å²) in [6.07, 6.45) is 1.54. The molecule has 0 atom stereocenters. The van der Waals surface area contributed by atoms with Gasteiger partial charge in [0.2, 0.25) is 0 Å². The molecule has 0 radical (unpaired) electrons. The minimum Gasteiger partial charge on any atom is -0.512 e. The standard InChI is InChI=1S/C5H6O3.H3NO3S/c6-4-1-2-8-5(7)3-4;1-5(2,3)4/h3,6H,1-2H2;(H3,1,2,3,4). The van der Waals surface area contributed by atoms with Crippen molar-refractivity contribution in [3.8, 4) is 0 Å². The van der Waals surface area contributed by atoms with Crippen LogP contribution in [0.15, 0.2) is 11.8 Å². The molecule has 0 aromatic carbocycles. The van der Waals surface area contributed by atoms with Crippen LogP contribution in [-0.2, 0) is 19.8 Å². The smallest absolute Gasteiger partial charge is 0.334 e. The molecular weight excluding hydrogens is 202 g/mol. The van der Waals surface area contributed by atoms with Crippen LogP contribution in [-0.4, -0.2) is 30.7 Å². The summed E-state index contributed by atoms with van der Waals surface area (Å²) in [6, 6.07) is 0. The molecule has 0 aromatic heterocycles. The lowest BCUT2D eigenvalue weighted by Crippen LogP contribution is -2.09. The summed E-state index contributed by atoms with van der Waals surface area (Å²) >= 11 is 0. The number of carbonyl (C=O) groups is 1. The molecule has 1 aliphatic heterocycles. The van der Waals surface area contributed by atoms with Crippen LogP contribution in [0, 0.1) is 0 Å². The molecule has 76 valence electrons. The second-order valence-electron chi connectivity index (χ2n) is 2.07. The molecule has 0 aliphatic carbocycles. The Morgan fingerprint density at radius 3 is 2.23 bits per heavy atom. The zero-order valence-corrected chi connectivity index (χ0v) is 7.32. The highest BCUT2D eigenvalue weighted by atomic mass is 32.2. The van der Waals surface area contributed by atoms with Gasteiger partial charge in [0.1, 0.15) is 5.76 Å². The Labute approximate surface area is 74.7 Å². The van der Waals surface area contributed by atoms with E-state index in [0.717, 1.165) is 6.08 Å². The summed E-state index contributed by atoms with van der Waals surface area (Å²) in [5, 5.41) is 12.5. The quantitative estimate of drug-likeness (QED) is 0.353. The molecular formula is C5H9NO6S. The number of nitrogens with two attached hydrogens (primary N) is 1. The first-order valence-electron chi connectivity index (χ1n) is 3.10. The van der Waals surface area contributed by atoms with E-state index in [4.69, 9.17) is 18.1 Å². The van der Waals surface area contributed by atoms with Crippen LogP contribution in [0.5, 0.6) is 0 Å². The normalized spacial score (nSPS) is 16.5. The SMILES string of the molecule is NS(=O)(=O)O.O=C1C=C(O)CCO1. The van der Waals surface area contributed by atoms with Gasteiger partial charge in [-0.05, 0) is 0 Å². The first kappa shape index (κ1) is 11.9. The van der Waals surface area contributed by atoms with Gasteiger partial charge in [0.15, 0.2) is 0 Å². The molecule has 13 heavy (non-hydrogen) atoms. The third kappa shape index (κ3) is 10.9. The van der Waals surface area contributed by atoms with Crippen molar-refractivity contribution in [1.82, 2.24) is 0 Å². The Morgan fingerprint density at radius 2 is 2.00 bits per heavy atom. The maximum atomic E-state index is 10.2. The second kappa shape index (κ2) is 4.80. The van der Waals surface area contributed by atoms with Crippen molar-refractivity contribution >= 4 is 16.3 Å². The number of hydrogen-bond acceptors (Lipinski definition) is 5. The summed E-state index contributed by atoms with van der Waals surface area (Å²) in [7, 11) is -4.17. The average Bonchev–Trinajstić information content (AvgIpc) is 1.81. The molecule has 0 fully saturated rings. The first-order valence-corrected chi connectivity index (χ1v) is 4.61. The molecule has 7 nitrogen and oxygen atoms in total. The topological polar surface area (TPSA) is 127 Å². The highest BCUT2D eigenvalue weighted by Gasteiger charge is 2.07. The molecule has 0 amide bonds. The van der Waals surface area contributed by atoms with Crippen molar-refractivity contribution in [1.29, 1.82) is 0 Å². The maximum Gasteiger partial charge on any atom is 0.334 e. The van der Waals surface area contributed by atoms with Gasteiger partial charge in [-0.25, -0.2) is 9.93 Å². The number of cyclic esters (lactones) is 1. The third-order valence-electron chi connectivity index (χ3n) is 0.887. The van der Waals surface area contributed by atoms with Crippen molar-refractivity contribution in [2.75, 3.05) is 6.61 Å². The fraction of sp³-hybridized carbons (Fsp3) is 0.400. The monoisotopic (exact) mass is 211 g/mol. The van der Waals surface area contributed by atoms with E-state index < -0.39 is 16.3 Å². The minimum atomic E-state index is -4.17. The lowest BCUT2D eigenvalue weighted by Gasteiger charge is -2.06. The Morgan fingerprint density at radius 1 is 1.54 bits per heavy atom. The molecule has 0 aromatic rings. The van der Waals surface area contributed by atoms with E-state index in [1.807, 2.05) is 0 Å². The van der Waals surface area contributed by atoms with Gasteiger partial charge in [0.25, 0.3) is 0 Å². The molecule has 0 spiro atoms. The van der Waals surface area contributed by atoms with Crippen molar-refractivity contribution in [3.63, 3.8) is 0 Å². The van der Waals surface area contributed by atoms with Gasteiger partial charge in [0, 0.05) is 6.42 Å². The van der Waals surface area contributed by atoms with Crippen LogP contribution in [0.2, 0.25) is 0 Å². The molecule has 1 heterocycles. The Kier molecular flexibility index (Phi) is 4.38. The molecule has 0 saturated carbocycles. The number of aliphatic hydroxyl groups is 1. The van der Waals surface area contributed by atoms with Gasteiger partial charge in [-0.1, -0.05) is 0 Å². The van der Waals surface area contributed by atoms with Gasteiger partial charge >= 0.3 is 16.3 Å². The van der Waals surface area contributed by atoms with Crippen LogP contribution in [0.3, 0.4) is 0 Å². The van der Waals surface area contributed by atoms with E-state index in [-0.39, 0.29) is 5.76 Å². The predicted molar refractivity (Wildman–Crippen MR) is 42.0 cm³/mol. The molecule has 0 saturated heterocycles. The fourth-order valence-electron chi connectivity index (χ4n) is 0.506. The molecule has 0 unspecified atom stereocenters. The lowest BCUT2D eigenvalue weighted by molar-refractivity contribution is -0.139. The van der Waals surface area contributed by atoms with Gasteiger partial charge in [0.05, 0.1) is 12.7 Å². The zero-order valence-electron chi connectivity index (χ0n) is 6.50. The number of carbonyl (C=O) groups excluding carboxylic acids is 1. The lowest BCUT2D eigenvalue weighted by atomic mass is 10.3. The van der Waals surface area contributed by atoms with Crippen LogP contribution in [0.25, 0.3) is 0 Å². The van der Waals surface area contributed by atoms with E-state index in [0.29, 0.717) is 13.0 Å². The number of rotatable bonds is 0. The molecule has 0 bridgehead atoms. The van der Waals surface area contributed by atoms with Crippen molar-refractivity contribution in [2.45, 2.75) is 6.42 Å². The zero-order chi connectivity index (χ0) is 10.5. The van der Waals surface area contributed by atoms with Gasteiger partial charge < -0.3 is 9.84 Å². The summed E-state index contributed by atoms with van der Waals surface area (Å²) in [5.41, 5.74) is 0. The Hall–Kier alpha value is -1.12. The largest absolute Gasteiger partial charge is 0.512 e. The van der Waals surface area contributed by atoms with E-state index in [1.54, 1.807) is 0 Å². The number of esters is 1. The van der Waals surface area contributed by atoms with Crippen LogP contribution in [0.4, 0.5) is 0 Å². The van der Waals surface area contributed by atoms with E-state index in [2.05, 4.69) is 9.88 Å². The third-order valence-corrected chi connectivity index (χ3v) is 0.887. The van der Waals surface area contributed by atoms with Gasteiger partial charge in [-0.2, -0.15) is 8.42 Å². The van der Waals surface area contributed by atoms with E-state index in [1.165, 1.54) is 0 Å². The number of aliphatic hydroxyl groups excluding tert-OH is 1. The highest BCUT2D eigenvalue weighted by molar-refractivity contribution is 7.83. The van der Waals surface area contributed by atoms with E-state index in [9.17, 15) is 4.79 Å². The van der Waals surface area contributed by atoms with Crippen molar-refractivity contribution < 1.29 is 27.6 Å². The molecule has 8 heteroatoms. The molecule has 1 rings (SSSR count). The first-order chi connectivity index (χ1) is 5.79. The average molecular weight is 211 g/mol. The second-order valence-corrected chi connectivity index (χ2v) is 3.10. The Balaban J connectivity index is 0.000000252. The van der Waals surface area contributed by atoms with Crippen LogP contribution >= 0.6 is 0 Å². The predicted octanol–water partition coefficient (Wildman–Crippen LogP) is -0.877. The minimum absolute atomic E-state index is 0.112. The molecule has 4 N–H and O–H groups in total. The molecule has 1 aliphatic rings. The summed E-state index contributed by atoms with van der Waals surface area (Å²) in [5.74, 6) is -0.338. The maximum absolute atomic E-state index is 10.2. The number of ether oxygens (including phenoxy) is 1. The fourth-order valence-corrected chi connectivity index (χ4v) is 0.506. The van der Waals surface area contributed by atoms with Gasteiger partial charge in [-0.15, -0.1) is 0 Å². The van der Waals surface area contributed by atoms with E-state index >= 15 is 0 Å². The van der Waals surface area contributed by atoms with Crippen LogP contribution < -0.4 is 5.14 Å². The Bertz CT molecular complexity index is 297. The highest BCUT2D eigenvalue weighted by Crippen LogP contribution is 2.03. The van der Waals surface area contributed by atoms with Gasteiger partial charge in [-0.3, -0.25) is 4.55 Å². The number of hydrogen-bond donors (Lipinski definition) is 3. The summed E-state index contributed by atoms with van der Waals surface area (Å²) in [6.45, 7) is 0.307. The van der Waals surface area contributed by atoms with Crippen molar-refractivity contribution in [3.05, 3.63) is 11.8 Å². The van der Waals surface area contributed by atoms with Crippen LogP contribution in [0.1, 0.15) is 6.42 Å². The summed E-state index contributed by atoms with van der Waals surface area (Å²) < 4.78 is 29.7. The summed E-state index contributed by atoms with van der Waals surface area (Å²) in [4.78, 5) is 10.2.